The van der Waals surface area contributed by atoms with E-state index in [-0.39, 0.29) is 11.3 Å². The molecule has 180 valence electrons. The van der Waals surface area contributed by atoms with Crippen LogP contribution in [-0.4, -0.2) is 30.5 Å². The summed E-state index contributed by atoms with van der Waals surface area (Å²) >= 11 is 0. The van der Waals surface area contributed by atoms with Gasteiger partial charge in [0, 0.05) is 23.1 Å². The van der Waals surface area contributed by atoms with E-state index in [9.17, 15) is 18.8 Å². The molecule has 1 aliphatic rings. The van der Waals surface area contributed by atoms with Crippen LogP contribution in [0, 0.1) is 12.7 Å². The highest BCUT2D eigenvalue weighted by atomic mass is 19.1. The van der Waals surface area contributed by atoms with Crippen molar-refractivity contribution in [3.8, 4) is 5.75 Å². The normalized spacial score (nSPS) is 13.6. The molecule has 35 heavy (non-hydrogen) atoms. The monoisotopic (exact) mass is 478 g/mol. The molecule has 3 amide bonds. The maximum atomic E-state index is 13.8. The minimum atomic E-state index is -0.798. The van der Waals surface area contributed by atoms with Crippen LogP contribution in [0.2, 0.25) is 0 Å². The fourth-order valence-electron chi connectivity index (χ4n) is 3.83. The Morgan fingerprint density at radius 3 is 2.54 bits per heavy atom. The van der Waals surface area contributed by atoms with Crippen LogP contribution in [0.3, 0.4) is 0 Å². The molecule has 2 aromatic carbocycles. The summed E-state index contributed by atoms with van der Waals surface area (Å²) in [4.78, 5) is 37.4. The first-order chi connectivity index (χ1) is 16.9. The molecular weight excluding hydrogens is 455 g/mol. The third kappa shape index (κ3) is 5.06. The summed E-state index contributed by atoms with van der Waals surface area (Å²) in [5.74, 6) is -1.49. The summed E-state index contributed by atoms with van der Waals surface area (Å²) in [6, 6.07) is 12.1. The summed E-state index contributed by atoms with van der Waals surface area (Å²) in [5, 5.41) is 4.29. The Morgan fingerprint density at radius 1 is 1.00 bits per heavy atom. The number of halogens is 1. The van der Waals surface area contributed by atoms with E-state index in [2.05, 4.69) is 21.4 Å². The third-order valence-corrected chi connectivity index (χ3v) is 5.56. The van der Waals surface area contributed by atoms with Crippen LogP contribution in [0.4, 0.5) is 4.39 Å². The first-order valence-corrected chi connectivity index (χ1v) is 10.9. The van der Waals surface area contributed by atoms with Crippen molar-refractivity contribution in [3.63, 3.8) is 0 Å². The lowest BCUT2D eigenvalue weighted by Gasteiger charge is -2.13. The maximum absolute atomic E-state index is 13.8. The second-order valence-electron chi connectivity index (χ2n) is 7.83. The molecule has 1 aliphatic carbocycles. The molecule has 1 aromatic heterocycles. The molecule has 9 nitrogen and oxygen atoms in total. The topological polar surface area (TPSA) is 122 Å². The largest absolute Gasteiger partial charge is 0.497 e. The number of hydrogen-bond acceptors (Lipinski definition) is 6. The summed E-state index contributed by atoms with van der Waals surface area (Å²) in [6.07, 6.45) is 1.89. The molecular formula is C25H23FN4O5. The van der Waals surface area contributed by atoms with Crippen molar-refractivity contribution >= 4 is 23.4 Å². The fourth-order valence-corrected chi connectivity index (χ4v) is 3.83. The second kappa shape index (κ2) is 10.2. The molecule has 0 spiro atoms. The number of rotatable bonds is 5. The summed E-state index contributed by atoms with van der Waals surface area (Å²) < 4.78 is 24.7. The fraction of sp³-hybridized carbons (Fsp3) is 0.200. The number of nitrogens with zero attached hydrogens (tertiary/aromatic N) is 1. The Hall–Kier alpha value is -4.47. The number of aryl methyl sites for hydroxylation is 1. The van der Waals surface area contributed by atoms with Gasteiger partial charge >= 0.3 is 5.91 Å². The SMILES string of the molecule is COc1cccc(C(=O)N/N=C2\CCCc3oc(C(=O)NNC(=O)c4ccccc4F)c(C)c32)c1. The minimum absolute atomic E-state index is 0.00226. The van der Waals surface area contributed by atoms with Gasteiger partial charge in [-0.05, 0) is 50.1 Å². The molecule has 0 atom stereocenters. The predicted octanol–water partition coefficient (Wildman–Crippen LogP) is 3.28. The molecule has 1 heterocycles. The Balaban J connectivity index is 1.48. The average molecular weight is 478 g/mol. The number of ether oxygens (including phenoxy) is 1. The lowest BCUT2D eigenvalue weighted by atomic mass is 9.93. The quantitative estimate of drug-likeness (QED) is 0.486. The molecule has 0 aliphatic heterocycles. The Bertz CT molecular complexity index is 1330. The predicted molar refractivity (Wildman–Crippen MR) is 125 cm³/mol. The van der Waals surface area contributed by atoms with Gasteiger partial charge in [-0.3, -0.25) is 25.2 Å². The second-order valence-corrected chi connectivity index (χ2v) is 7.83. The van der Waals surface area contributed by atoms with Crippen molar-refractivity contribution < 1.29 is 27.9 Å². The van der Waals surface area contributed by atoms with Crippen LogP contribution in [0.5, 0.6) is 5.75 Å². The maximum Gasteiger partial charge on any atom is 0.305 e. The lowest BCUT2D eigenvalue weighted by Crippen LogP contribution is -2.42. The smallest absolute Gasteiger partial charge is 0.305 e. The average Bonchev–Trinajstić information content (AvgIpc) is 3.23. The number of hydrogen-bond donors (Lipinski definition) is 3. The number of carbonyl (C=O) groups excluding carboxylic acids is 3. The zero-order valence-electron chi connectivity index (χ0n) is 19.1. The van der Waals surface area contributed by atoms with Gasteiger partial charge in [0.25, 0.3) is 11.8 Å². The first kappa shape index (κ1) is 23.7. The number of nitrogens with one attached hydrogen (secondary N) is 3. The van der Waals surface area contributed by atoms with Gasteiger partial charge in [0.15, 0.2) is 5.76 Å². The number of furan rings is 1. The van der Waals surface area contributed by atoms with Crippen LogP contribution in [0.25, 0.3) is 0 Å². The number of benzene rings is 2. The van der Waals surface area contributed by atoms with E-state index in [1.807, 2.05) is 0 Å². The Labute approximate surface area is 200 Å². The van der Waals surface area contributed by atoms with Crippen molar-refractivity contribution in [1.29, 1.82) is 0 Å². The molecule has 0 bridgehead atoms. The number of carbonyl (C=O) groups is 3. The van der Waals surface area contributed by atoms with E-state index < -0.39 is 23.5 Å². The zero-order valence-corrected chi connectivity index (χ0v) is 19.1. The molecule has 10 heteroatoms. The summed E-state index contributed by atoms with van der Waals surface area (Å²) in [5.41, 5.74) is 8.92. The van der Waals surface area contributed by atoms with Crippen LogP contribution in [0.1, 0.15) is 61.0 Å². The third-order valence-electron chi connectivity index (χ3n) is 5.56. The molecule has 0 saturated heterocycles. The van der Waals surface area contributed by atoms with Crippen LogP contribution < -0.4 is 21.0 Å². The summed E-state index contributed by atoms with van der Waals surface area (Å²) in [6.45, 7) is 1.70. The number of hydrazone groups is 1. The van der Waals surface area contributed by atoms with E-state index >= 15 is 0 Å². The number of methoxy groups -OCH3 is 1. The lowest BCUT2D eigenvalue weighted by molar-refractivity contribution is 0.0827. The van der Waals surface area contributed by atoms with Crippen molar-refractivity contribution in [2.75, 3.05) is 7.11 Å². The Morgan fingerprint density at radius 2 is 1.77 bits per heavy atom. The van der Waals surface area contributed by atoms with Gasteiger partial charge in [-0.2, -0.15) is 5.10 Å². The van der Waals surface area contributed by atoms with Crippen LogP contribution in [0.15, 0.2) is 58.0 Å². The highest BCUT2D eigenvalue weighted by Crippen LogP contribution is 2.29. The van der Waals surface area contributed by atoms with Crippen LogP contribution >= 0.6 is 0 Å². The molecule has 3 aromatic rings. The standard InChI is InChI=1S/C25H23FN4O5/c1-14-21-19(27-28-23(31)15-7-5-8-16(13-15)34-2)11-6-12-20(21)35-22(14)25(33)30-29-24(32)17-9-3-4-10-18(17)26/h3-5,7-10,13H,6,11-12H2,1-2H3,(H,28,31)(H,29,32)(H,30,33)/b27-19+. The number of fused-ring (bicyclic) bond motifs is 1. The zero-order chi connectivity index (χ0) is 24.9. The van der Waals surface area contributed by atoms with Gasteiger partial charge in [-0.25, -0.2) is 9.82 Å². The van der Waals surface area contributed by atoms with E-state index in [4.69, 9.17) is 9.15 Å². The highest BCUT2D eigenvalue weighted by Gasteiger charge is 2.28. The molecule has 0 saturated carbocycles. The highest BCUT2D eigenvalue weighted by molar-refractivity contribution is 6.07. The summed E-state index contributed by atoms with van der Waals surface area (Å²) in [7, 11) is 1.52. The van der Waals surface area contributed by atoms with Crippen molar-refractivity contribution in [3.05, 3.63) is 88.1 Å². The molecule has 0 unspecified atom stereocenters. The van der Waals surface area contributed by atoms with Gasteiger partial charge in [-0.15, -0.1) is 0 Å². The number of hydrazine groups is 1. The van der Waals surface area contributed by atoms with Gasteiger partial charge in [0.1, 0.15) is 17.3 Å². The van der Waals surface area contributed by atoms with Crippen molar-refractivity contribution in [2.24, 2.45) is 5.10 Å². The van der Waals surface area contributed by atoms with Gasteiger partial charge in [0.05, 0.1) is 18.4 Å². The number of amides is 3. The Kier molecular flexibility index (Phi) is 6.91. The molecule has 4 rings (SSSR count). The van der Waals surface area contributed by atoms with E-state index in [0.717, 1.165) is 12.5 Å². The van der Waals surface area contributed by atoms with E-state index in [1.165, 1.54) is 25.3 Å². The van der Waals surface area contributed by atoms with Gasteiger partial charge in [-0.1, -0.05) is 18.2 Å². The van der Waals surface area contributed by atoms with Gasteiger partial charge in [0.2, 0.25) is 0 Å². The van der Waals surface area contributed by atoms with E-state index in [0.29, 0.717) is 46.8 Å². The van der Waals surface area contributed by atoms with Crippen molar-refractivity contribution in [2.45, 2.75) is 26.2 Å². The molecule has 0 fully saturated rings. The van der Waals surface area contributed by atoms with Crippen LogP contribution in [-0.2, 0) is 6.42 Å². The van der Waals surface area contributed by atoms with Gasteiger partial charge < -0.3 is 9.15 Å². The molecule has 0 radical (unpaired) electrons. The molecule has 3 N–H and O–H groups in total. The van der Waals surface area contributed by atoms with Crippen molar-refractivity contribution in [1.82, 2.24) is 16.3 Å². The minimum Gasteiger partial charge on any atom is -0.497 e. The first-order valence-electron chi connectivity index (χ1n) is 10.9. The van der Waals surface area contributed by atoms with E-state index in [1.54, 1.807) is 31.2 Å².